The van der Waals surface area contributed by atoms with Gasteiger partial charge < -0.3 is 10.3 Å². The number of amides is 1. The van der Waals surface area contributed by atoms with E-state index in [1.165, 1.54) is 6.20 Å². The zero-order valence-corrected chi connectivity index (χ0v) is 17.1. The Morgan fingerprint density at radius 3 is 2.73 bits per heavy atom. The van der Waals surface area contributed by atoms with Gasteiger partial charge in [-0.1, -0.05) is 13.0 Å². The van der Waals surface area contributed by atoms with Gasteiger partial charge in [-0.25, -0.2) is 4.98 Å². The van der Waals surface area contributed by atoms with E-state index in [1.54, 1.807) is 13.2 Å². The summed E-state index contributed by atoms with van der Waals surface area (Å²) in [5, 5.41) is 2.54. The molecular weight excluding hydrogens is 380 g/mol. The molecule has 3 aromatic heterocycles. The highest BCUT2D eigenvalue weighted by atomic mass is 16.1. The van der Waals surface area contributed by atoms with Crippen LogP contribution >= 0.6 is 0 Å². The molecule has 1 aliphatic heterocycles. The average molecular weight is 404 g/mol. The first-order chi connectivity index (χ1) is 14.6. The maximum atomic E-state index is 12.1. The first kappa shape index (κ1) is 19.9. The van der Waals surface area contributed by atoms with Gasteiger partial charge in [-0.2, -0.15) is 0 Å². The molecule has 0 atom stereocenters. The van der Waals surface area contributed by atoms with Gasteiger partial charge in [0.1, 0.15) is 5.69 Å². The van der Waals surface area contributed by atoms with Crippen molar-refractivity contribution in [2.45, 2.75) is 26.3 Å². The number of nitrogens with zero attached hydrogens (tertiary/aromatic N) is 4. The number of aromatic nitrogens is 4. The summed E-state index contributed by atoms with van der Waals surface area (Å²) in [6.45, 7) is 4.39. The fourth-order valence-corrected chi connectivity index (χ4v) is 3.60. The van der Waals surface area contributed by atoms with Crippen molar-refractivity contribution in [2.24, 2.45) is 0 Å². The Kier molecular flexibility index (Phi) is 5.67. The summed E-state index contributed by atoms with van der Waals surface area (Å²) in [6.07, 6.45) is 8.73. The number of aryl methyl sites for hydroxylation is 1. The van der Waals surface area contributed by atoms with Crippen LogP contribution in [0.25, 0.3) is 16.6 Å². The maximum Gasteiger partial charge on any atom is 0.271 e. The zero-order chi connectivity index (χ0) is 21.1. The van der Waals surface area contributed by atoms with Gasteiger partial charge in [-0.05, 0) is 36.1 Å². The predicted molar refractivity (Wildman–Crippen MR) is 115 cm³/mol. The molecule has 30 heavy (non-hydrogen) atoms. The third-order valence-corrected chi connectivity index (χ3v) is 5.35. The van der Waals surface area contributed by atoms with Crippen molar-refractivity contribution in [3.8, 4) is 0 Å². The fraction of sp³-hybridized carbons (Fsp3) is 0.318. The number of carbonyl (C=O) groups is 1. The molecule has 4 heterocycles. The quantitative estimate of drug-likeness (QED) is 0.673. The molecule has 0 aromatic carbocycles. The number of hydrogen-bond acceptors (Lipinski definition) is 6. The van der Waals surface area contributed by atoms with Crippen LogP contribution in [-0.4, -0.2) is 50.9 Å². The summed E-state index contributed by atoms with van der Waals surface area (Å²) in [5.41, 5.74) is 5.61. The maximum absolute atomic E-state index is 12.1. The van der Waals surface area contributed by atoms with Gasteiger partial charge in [0.2, 0.25) is 0 Å². The largest absolute Gasteiger partial charge is 0.354 e. The Bertz CT molecular complexity index is 1170. The first-order valence-electron chi connectivity index (χ1n) is 10.0. The lowest BCUT2D eigenvalue weighted by atomic mass is 10.0. The van der Waals surface area contributed by atoms with Gasteiger partial charge in [-0.3, -0.25) is 24.5 Å². The molecule has 8 heteroatoms. The van der Waals surface area contributed by atoms with Crippen molar-refractivity contribution in [3.63, 3.8) is 0 Å². The lowest BCUT2D eigenvalue weighted by molar-refractivity contribution is 0.0957. The first-order valence-corrected chi connectivity index (χ1v) is 10.0. The molecule has 0 saturated carbocycles. The predicted octanol–water partition coefficient (Wildman–Crippen LogP) is 1.92. The number of rotatable bonds is 5. The van der Waals surface area contributed by atoms with E-state index in [-0.39, 0.29) is 11.5 Å². The van der Waals surface area contributed by atoms with E-state index in [0.29, 0.717) is 12.1 Å². The number of hydrogen-bond donors (Lipinski definition) is 2. The second kappa shape index (κ2) is 8.54. The molecule has 0 saturated heterocycles. The molecule has 4 rings (SSSR count). The van der Waals surface area contributed by atoms with E-state index < -0.39 is 0 Å². The molecule has 3 aromatic rings. The number of aromatic amines is 1. The van der Waals surface area contributed by atoms with Gasteiger partial charge in [0.05, 0.1) is 29.1 Å². The molecule has 8 nitrogen and oxygen atoms in total. The summed E-state index contributed by atoms with van der Waals surface area (Å²) >= 11 is 0. The lowest BCUT2D eigenvalue weighted by Gasteiger charge is -2.26. The van der Waals surface area contributed by atoms with Gasteiger partial charge in [-0.15, -0.1) is 0 Å². The highest BCUT2D eigenvalue weighted by Crippen LogP contribution is 2.22. The van der Waals surface area contributed by atoms with Crippen LogP contribution in [0.1, 0.15) is 40.7 Å². The molecule has 0 radical (unpaired) electrons. The van der Waals surface area contributed by atoms with E-state index in [1.807, 2.05) is 25.3 Å². The number of H-pyrrole nitrogens is 1. The zero-order valence-electron chi connectivity index (χ0n) is 17.1. The number of carbonyl (C=O) groups excluding carboxylic acids is 1. The Balaban J connectivity index is 1.44. The van der Waals surface area contributed by atoms with Crippen molar-refractivity contribution in [1.29, 1.82) is 0 Å². The van der Waals surface area contributed by atoms with Crippen LogP contribution in [0.4, 0.5) is 0 Å². The van der Waals surface area contributed by atoms with Crippen molar-refractivity contribution < 1.29 is 4.79 Å². The molecule has 1 amide bonds. The summed E-state index contributed by atoms with van der Waals surface area (Å²) in [6, 6.07) is 3.87. The van der Waals surface area contributed by atoms with Gasteiger partial charge in [0.15, 0.2) is 0 Å². The van der Waals surface area contributed by atoms with E-state index in [9.17, 15) is 9.59 Å². The van der Waals surface area contributed by atoms with Crippen LogP contribution in [0.5, 0.6) is 0 Å². The Labute approximate surface area is 174 Å². The molecule has 154 valence electrons. The van der Waals surface area contributed by atoms with Crippen LogP contribution in [0.15, 0.2) is 41.6 Å². The monoisotopic (exact) mass is 404 g/mol. The topological polar surface area (TPSA) is 104 Å². The van der Waals surface area contributed by atoms with Crippen LogP contribution < -0.4 is 10.9 Å². The van der Waals surface area contributed by atoms with Gasteiger partial charge >= 0.3 is 0 Å². The molecule has 0 unspecified atom stereocenters. The SMILES string of the molecule is CCc1cc2ncc(CN3CC=C(c4cnc(C(=O)NC)cn4)CC3)cc2[nH]c1=O. The van der Waals surface area contributed by atoms with Crippen molar-refractivity contribution in [1.82, 2.24) is 30.2 Å². The standard InChI is InChI=1S/C22H24N6O2/c1-3-15-9-17-18(27-21(15)29)8-14(10-24-17)13-28-6-4-16(5-7-28)19-11-26-20(12-25-19)22(30)23-2/h4,8-12H,3,5-7,13H2,1-2H3,(H,23,30)(H,27,29). The number of fused-ring (bicyclic) bond motifs is 1. The molecule has 2 N–H and O–H groups in total. The van der Waals surface area contributed by atoms with E-state index >= 15 is 0 Å². The smallest absolute Gasteiger partial charge is 0.271 e. The van der Waals surface area contributed by atoms with Crippen LogP contribution in [0, 0.1) is 0 Å². The summed E-state index contributed by atoms with van der Waals surface area (Å²) in [5.74, 6) is -0.242. The molecule has 0 aliphatic carbocycles. The molecule has 0 bridgehead atoms. The molecule has 0 fully saturated rings. The van der Waals surface area contributed by atoms with Crippen molar-refractivity contribution in [2.75, 3.05) is 20.1 Å². The minimum Gasteiger partial charge on any atom is -0.354 e. The highest BCUT2D eigenvalue weighted by molar-refractivity contribution is 5.91. The van der Waals surface area contributed by atoms with Crippen molar-refractivity contribution in [3.05, 3.63) is 69.7 Å². The van der Waals surface area contributed by atoms with Crippen LogP contribution in [-0.2, 0) is 13.0 Å². The fourth-order valence-electron chi connectivity index (χ4n) is 3.60. The third-order valence-electron chi connectivity index (χ3n) is 5.35. The second-order valence-corrected chi connectivity index (χ2v) is 7.33. The number of nitrogens with one attached hydrogen (secondary N) is 2. The molecular formula is C22H24N6O2. The van der Waals surface area contributed by atoms with E-state index in [2.05, 4.69) is 36.2 Å². The summed E-state index contributed by atoms with van der Waals surface area (Å²) in [4.78, 5) is 42.0. The van der Waals surface area contributed by atoms with E-state index in [4.69, 9.17) is 0 Å². The Morgan fingerprint density at radius 2 is 2.07 bits per heavy atom. The average Bonchev–Trinajstić information content (AvgIpc) is 2.78. The molecule has 1 aliphatic rings. The van der Waals surface area contributed by atoms with Gasteiger partial charge in [0, 0.05) is 38.4 Å². The van der Waals surface area contributed by atoms with E-state index in [0.717, 1.165) is 59.5 Å². The third kappa shape index (κ3) is 4.13. The number of pyridine rings is 2. The summed E-state index contributed by atoms with van der Waals surface area (Å²) in [7, 11) is 1.57. The lowest BCUT2D eigenvalue weighted by Crippen LogP contribution is -2.28. The minimum atomic E-state index is -0.242. The Morgan fingerprint density at radius 1 is 1.20 bits per heavy atom. The van der Waals surface area contributed by atoms with Crippen LogP contribution in [0.2, 0.25) is 0 Å². The van der Waals surface area contributed by atoms with Crippen molar-refractivity contribution >= 4 is 22.5 Å². The normalized spacial score (nSPS) is 14.5. The molecule has 0 spiro atoms. The van der Waals surface area contributed by atoms with Gasteiger partial charge in [0.25, 0.3) is 11.5 Å². The highest BCUT2D eigenvalue weighted by Gasteiger charge is 2.16. The minimum absolute atomic E-state index is 0.0435. The summed E-state index contributed by atoms with van der Waals surface area (Å²) < 4.78 is 0. The second-order valence-electron chi connectivity index (χ2n) is 7.33. The Hall–Kier alpha value is -3.39. The van der Waals surface area contributed by atoms with Crippen LogP contribution in [0.3, 0.4) is 0 Å².